The second kappa shape index (κ2) is 6.55. The molecule has 0 spiro atoms. The molecule has 2 unspecified atom stereocenters. The first kappa shape index (κ1) is 13.9. The highest BCUT2D eigenvalue weighted by Crippen LogP contribution is 2.41. The van der Waals surface area contributed by atoms with Crippen molar-refractivity contribution in [2.75, 3.05) is 13.2 Å². The Kier molecular flexibility index (Phi) is 5.04. The van der Waals surface area contributed by atoms with Crippen molar-refractivity contribution in [1.29, 1.82) is 0 Å². The molecule has 1 saturated carbocycles. The van der Waals surface area contributed by atoms with Gasteiger partial charge in [0.25, 0.3) is 0 Å². The Labute approximate surface area is 115 Å². The van der Waals surface area contributed by atoms with Crippen LogP contribution in [0.3, 0.4) is 0 Å². The number of benzene rings is 1. The third kappa shape index (κ3) is 3.98. The smallest absolute Gasteiger partial charge is 0.0671 e. The lowest BCUT2D eigenvalue weighted by atomic mass is 10.0. The molecule has 1 aromatic rings. The summed E-state index contributed by atoms with van der Waals surface area (Å²) >= 11 is 5.94. The van der Waals surface area contributed by atoms with Crippen LogP contribution >= 0.6 is 11.6 Å². The van der Waals surface area contributed by atoms with E-state index >= 15 is 0 Å². The van der Waals surface area contributed by atoms with Gasteiger partial charge in [0.1, 0.15) is 0 Å². The van der Waals surface area contributed by atoms with Crippen LogP contribution in [0.5, 0.6) is 0 Å². The SMILES string of the molecule is CCOC(C)CNC(c1ccc(Cl)cc1)C1CC1. The minimum absolute atomic E-state index is 0.267. The Morgan fingerprint density at radius 1 is 1.33 bits per heavy atom. The summed E-state index contributed by atoms with van der Waals surface area (Å²) < 4.78 is 5.56. The molecule has 2 rings (SSSR count). The van der Waals surface area contributed by atoms with E-state index in [4.69, 9.17) is 16.3 Å². The van der Waals surface area contributed by atoms with Gasteiger partial charge in [-0.15, -0.1) is 0 Å². The minimum Gasteiger partial charge on any atom is -0.377 e. The summed E-state index contributed by atoms with van der Waals surface area (Å²) in [5.74, 6) is 0.778. The van der Waals surface area contributed by atoms with Gasteiger partial charge in [-0.2, -0.15) is 0 Å². The molecule has 1 fully saturated rings. The van der Waals surface area contributed by atoms with Crippen molar-refractivity contribution < 1.29 is 4.74 Å². The van der Waals surface area contributed by atoms with E-state index in [0.717, 1.165) is 24.1 Å². The first-order chi connectivity index (χ1) is 8.70. The number of hydrogen-bond acceptors (Lipinski definition) is 2. The van der Waals surface area contributed by atoms with Crippen LogP contribution in [0.25, 0.3) is 0 Å². The Balaban J connectivity index is 1.94. The van der Waals surface area contributed by atoms with Crippen LogP contribution in [0.1, 0.15) is 38.3 Å². The minimum atomic E-state index is 0.267. The Morgan fingerprint density at radius 3 is 2.56 bits per heavy atom. The van der Waals surface area contributed by atoms with E-state index in [1.54, 1.807) is 0 Å². The number of nitrogens with one attached hydrogen (secondary N) is 1. The normalized spacial score (nSPS) is 18.6. The van der Waals surface area contributed by atoms with E-state index in [2.05, 4.69) is 24.4 Å². The second-order valence-electron chi connectivity index (χ2n) is 5.04. The summed E-state index contributed by atoms with van der Waals surface area (Å²) in [7, 11) is 0. The topological polar surface area (TPSA) is 21.3 Å². The molecular weight excluding hydrogens is 246 g/mol. The van der Waals surface area contributed by atoms with E-state index in [0.29, 0.717) is 6.04 Å². The van der Waals surface area contributed by atoms with Gasteiger partial charge in [0.05, 0.1) is 6.10 Å². The van der Waals surface area contributed by atoms with Gasteiger partial charge in [-0.05, 0) is 50.3 Å². The molecule has 0 radical (unpaired) electrons. The lowest BCUT2D eigenvalue weighted by Crippen LogP contribution is -2.31. The molecular formula is C15H22ClNO. The molecule has 1 aromatic carbocycles. The molecule has 0 aromatic heterocycles. The first-order valence-corrected chi connectivity index (χ1v) is 7.19. The van der Waals surface area contributed by atoms with Crippen LogP contribution in [0.4, 0.5) is 0 Å². The van der Waals surface area contributed by atoms with Gasteiger partial charge in [-0.3, -0.25) is 0 Å². The maximum absolute atomic E-state index is 5.94. The zero-order valence-electron chi connectivity index (χ0n) is 11.2. The van der Waals surface area contributed by atoms with Gasteiger partial charge < -0.3 is 10.1 Å². The van der Waals surface area contributed by atoms with Crippen LogP contribution < -0.4 is 5.32 Å². The fraction of sp³-hybridized carbons (Fsp3) is 0.600. The lowest BCUT2D eigenvalue weighted by molar-refractivity contribution is 0.0733. The molecule has 0 heterocycles. The van der Waals surface area contributed by atoms with Gasteiger partial charge in [0, 0.05) is 24.2 Å². The van der Waals surface area contributed by atoms with Gasteiger partial charge >= 0.3 is 0 Å². The molecule has 18 heavy (non-hydrogen) atoms. The zero-order chi connectivity index (χ0) is 13.0. The van der Waals surface area contributed by atoms with Gasteiger partial charge in [-0.25, -0.2) is 0 Å². The second-order valence-corrected chi connectivity index (χ2v) is 5.48. The van der Waals surface area contributed by atoms with Crippen LogP contribution in [0.15, 0.2) is 24.3 Å². The predicted molar refractivity (Wildman–Crippen MR) is 76.0 cm³/mol. The molecule has 1 aliphatic rings. The molecule has 2 atom stereocenters. The van der Waals surface area contributed by atoms with Crippen molar-refractivity contribution in [3.8, 4) is 0 Å². The highest BCUT2D eigenvalue weighted by molar-refractivity contribution is 6.30. The van der Waals surface area contributed by atoms with E-state index in [-0.39, 0.29) is 6.10 Å². The van der Waals surface area contributed by atoms with Crippen molar-refractivity contribution in [2.45, 2.75) is 38.8 Å². The molecule has 0 amide bonds. The third-order valence-electron chi connectivity index (χ3n) is 3.40. The zero-order valence-corrected chi connectivity index (χ0v) is 11.9. The average Bonchev–Trinajstić information content (AvgIpc) is 3.16. The fourth-order valence-electron chi connectivity index (χ4n) is 2.29. The first-order valence-electron chi connectivity index (χ1n) is 6.81. The number of hydrogen-bond donors (Lipinski definition) is 1. The van der Waals surface area contributed by atoms with E-state index in [1.165, 1.54) is 18.4 Å². The maximum atomic E-state index is 5.94. The van der Waals surface area contributed by atoms with Crippen LogP contribution in [-0.4, -0.2) is 19.3 Å². The van der Waals surface area contributed by atoms with E-state index in [1.807, 2.05) is 19.1 Å². The largest absolute Gasteiger partial charge is 0.377 e. The summed E-state index contributed by atoms with van der Waals surface area (Å²) in [5, 5.41) is 4.44. The standard InChI is InChI=1S/C15H22ClNO/c1-3-18-11(2)10-17-15(12-4-5-12)13-6-8-14(16)9-7-13/h6-9,11-12,15,17H,3-5,10H2,1-2H3. The molecule has 0 aliphatic heterocycles. The molecule has 1 N–H and O–H groups in total. The lowest BCUT2D eigenvalue weighted by Gasteiger charge is -2.21. The summed E-state index contributed by atoms with van der Waals surface area (Å²) in [4.78, 5) is 0. The van der Waals surface area contributed by atoms with Gasteiger partial charge in [-0.1, -0.05) is 23.7 Å². The highest BCUT2D eigenvalue weighted by atomic mass is 35.5. The molecule has 0 bridgehead atoms. The van der Waals surface area contributed by atoms with Gasteiger partial charge in [0.2, 0.25) is 0 Å². The van der Waals surface area contributed by atoms with Crippen molar-refractivity contribution in [3.63, 3.8) is 0 Å². The van der Waals surface area contributed by atoms with Gasteiger partial charge in [0.15, 0.2) is 0 Å². The summed E-state index contributed by atoms with van der Waals surface area (Å²) in [5.41, 5.74) is 1.34. The van der Waals surface area contributed by atoms with Crippen LogP contribution in [0, 0.1) is 5.92 Å². The quantitative estimate of drug-likeness (QED) is 0.811. The van der Waals surface area contributed by atoms with Crippen molar-refractivity contribution in [1.82, 2.24) is 5.32 Å². The predicted octanol–water partition coefficient (Wildman–Crippen LogP) is 3.81. The summed E-state index contributed by atoms with van der Waals surface area (Å²) in [6, 6.07) is 8.65. The molecule has 3 heteroatoms. The average molecular weight is 268 g/mol. The van der Waals surface area contributed by atoms with Crippen LogP contribution in [-0.2, 0) is 4.74 Å². The Morgan fingerprint density at radius 2 is 2.00 bits per heavy atom. The van der Waals surface area contributed by atoms with Crippen LogP contribution in [0.2, 0.25) is 5.02 Å². The molecule has 100 valence electrons. The summed E-state index contributed by atoms with van der Waals surface area (Å²) in [6.07, 6.45) is 2.91. The fourth-order valence-corrected chi connectivity index (χ4v) is 2.42. The highest BCUT2D eigenvalue weighted by Gasteiger charge is 2.32. The third-order valence-corrected chi connectivity index (χ3v) is 3.65. The summed E-state index contributed by atoms with van der Waals surface area (Å²) in [6.45, 7) is 5.83. The maximum Gasteiger partial charge on any atom is 0.0671 e. The molecule has 2 nitrogen and oxygen atoms in total. The monoisotopic (exact) mass is 267 g/mol. The van der Waals surface area contributed by atoms with Crippen molar-refractivity contribution >= 4 is 11.6 Å². The number of halogens is 1. The van der Waals surface area contributed by atoms with E-state index in [9.17, 15) is 0 Å². The van der Waals surface area contributed by atoms with Crippen molar-refractivity contribution in [3.05, 3.63) is 34.9 Å². The van der Waals surface area contributed by atoms with Crippen molar-refractivity contribution in [2.24, 2.45) is 5.92 Å². The Hall–Kier alpha value is -0.570. The molecule has 1 aliphatic carbocycles. The Bertz CT molecular complexity index is 361. The molecule has 0 saturated heterocycles. The number of ether oxygens (including phenoxy) is 1. The van der Waals surface area contributed by atoms with E-state index < -0.39 is 0 Å². The number of rotatable bonds is 7.